The minimum Gasteiger partial charge on any atom is -0.484 e. The summed E-state index contributed by atoms with van der Waals surface area (Å²) in [6, 6.07) is 13.7. The Morgan fingerprint density at radius 2 is 1.83 bits per heavy atom. The lowest BCUT2D eigenvalue weighted by Crippen LogP contribution is -2.22. The Morgan fingerprint density at radius 1 is 1.13 bits per heavy atom. The topological polar surface area (TPSA) is 78.9 Å². The van der Waals surface area contributed by atoms with Crippen LogP contribution in [0, 0.1) is 0 Å². The molecule has 0 spiro atoms. The number of amides is 1. The number of ether oxygens (including phenoxy) is 1. The number of nitrogens with one attached hydrogen (secondary N) is 1. The Balaban J connectivity index is 2.06. The molecule has 0 unspecified atom stereocenters. The molecule has 0 aliphatic carbocycles. The number of carbonyl (C=O) groups is 2. The third kappa shape index (κ3) is 4.47. The van der Waals surface area contributed by atoms with E-state index >= 15 is 0 Å². The molecule has 0 fully saturated rings. The van der Waals surface area contributed by atoms with Crippen molar-refractivity contribution in [3.63, 3.8) is 0 Å². The quantitative estimate of drug-likeness (QED) is 0.856. The third-order valence-corrected chi connectivity index (χ3v) is 3.14. The first kappa shape index (κ1) is 16.4. The van der Waals surface area contributed by atoms with Crippen molar-refractivity contribution in [1.29, 1.82) is 0 Å². The zero-order chi connectivity index (χ0) is 16.8. The smallest absolute Gasteiger partial charge is 0.337 e. The highest BCUT2D eigenvalue weighted by Crippen LogP contribution is 2.22. The Hall–Kier alpha value is -3.02. The molecule has 0 bridgehead atoms. The lowest BCUT2D eigenvalue weighted by Gasteiger charge is -2.15. The average Bonchev–Trinajstić information content (AvgIpc) is 2.54. The molecule has 0 aromatic heterocycles. The molecule has 0 aliphatic rings. The second-order valence-corrected chi connectivity index (χ2v) is 5.08. The molecule has 2 aromatic carbocycles. The highest BCUT2D eigenvalue weighted by Gasteiger charge is 2.14. The van der Waals surface area contributed by atoms with Gasteiger partial charge in [-0.15, -0.1) is 0 Å². The van der Waals surface area contributed by atoms with Gasteiger partial charge < -0.3 is 20.1 Å². The molecule has 1 amide bonds. The van der Waals surface area contributed by atoms with E-state index in [9.17, 15) is 14.7 Å². The van der Waals surface area contributed by atoms with Gasteiger partial charge in [-0.2, -0.15) is 0 Å². The molecule has 0 heterocycles. The van der Waals surface area contributed by atoms with Crippen molar-refractivity contribution < 1.29 is 19.4 Å². The molecule has 0 atom stereocenters. The standard InChI is InChI=1S/C17H18N2O4/c1-19(2)12-8-9-15(14(10-12)17(21)22)18-16(20)11-23-13-6-4-3-5-7-13/h3-10H,11H2,1-2H3,(H,18,20)(H,21,22). The third-order valence-electron chi connectivity index (χ3n) is 3.14. The highest BCUT2D eigenvalue weighted by molar-refractivity contribution is 6.01. The second kappa shape index (κ2) is 7.31. The van der Waals surface area contributed by atoms with Crippen LogP contribution in [0.4, 0.5) is 11.4 Å². The van der Waals surface area contributed by atoms with Crippen LogP contribution in [0.1, 0.15) is 10.4 Å². The van der Waals surface area contributed by atoms with Gasteiger partial charge in [-0.05, 0) is 30.3 Å². The maximum atomic E-state index is 11.9. The Bertz CT molecular complexity index is 699. The van der Waals surface area contributed by atoms with Crippen LogP contribution in [0.3, 0.4) is 0 Å². The molecular weight excluding hydrogens is 296 g/mol. The second-order valence-electron chi connectivity index (χ2n) is 5.08. The molecule has 23 heavy (non-hydrogen) atoms. The predicted molar refractivity (Wildman–Crippen MR) is 88.3 cm³/mol. The van der Waals surface area contributed by atoms with Crippen molar-refractivity contribution >= 4 is 23.3 Å². The van der Waals surface area contributed by atoms with E-state index in [0.717, 1.165) is 5.69 Å². The van der Waals surface area contributed by atoms with Crippen LogP contribution in [0.25, 0.3) is 0 Å². The van der Waals surface area contributed by atoms with Crippen molar-refractivity contribution in [1.82, 2.24) is 0 Å². The molecule has 0 saturated heterocycles. The molecular formula is C17H18N2O4. The van der Waals surface area contributed by atoms with Gasteiger partial charge in [-0.25, -0.2) is 4.79 Å². The SMILES string of the molecule is CN(C)c1ccc(NC(=O)COc2ccccc2)c(C(=O)O)c1. The molecule has 0 aliphatic heterocycles. The summed E-state index contributed by atoms with van der Waals surface area (Å²) in [6.45, 7) is -0.196. The first-order valence-electron chi connectivity index (χ1n) is 6.99. The zero-order valence-electron chi connectivity index (χ0n) is 12.9. The van der Waals surface area contributed by atoms with Crippen LogP contribution < -0.4 is 15.0 Å². The zero-order valence-corrected chi connectivity index (χ0v) is 12.9. The molecule has 2 rings (SSSR count). The van der Waals surface area contributed by atoms with Gasteiger partial charge in [-0.1, -0.05) is 18.2 Å². The van der Waals surface area contributed by atoms with Gasteiger partial charge in [0, 0.05) is 19.8 Å². The average molecular weight is 314 g/mol. The van der Waals surface area contributed by atoms with Crippen LogP contribution in [-0.2, 0) is 4.79 Å². The number of carboxylic acid groups (broad SMARTS) is 1. The number of benzene rings is 2. The fourth-order valence-electron chi connectivity index (χ4n) is 1.95. The number of rotatable bonds is 6. The van der Waals surface area contributed by atoms with Crippen LogP contribution >= 0.6 is 0 Å². The van der Waals surface area contributed by atoms with Gasteiger partial charge in [0.05, 0.1) is 11.3 Å². The van der Waals surface area contributed by atoms with E-state index in [1.807, 2.05) is 20.2 Å². The molecule has 6 nitrogen and oxygen atoms in total. The van der Waals surface area contributed by atoms with Gasteiger partial charge in [0.15, 0.2) is 6.61 Å². The molecule has 120 valence electrons. The van der Waals surface area contributed by atoms with Gasteiger partial charge >= 0.3 is 5.97 Å². The van der Waals surface area contributed by atoms with Crippen molar-refractivity contribution in [2.75, 3.05) is 30.9 Å². The summed E-state index contributed by atoms with van der Waals surface area (Å²) in [5.41, 5.74) is 1.01. The van der Waals surface area contributed by atoms with Gasteiger partial charge in [0.25, 0.3) is 5.91 Å². The number of nitrogens with zero attached hydrogens (tertiary/aromatic N) is 1. The fraction of sp³-hybridized carbons (Fsp3) is 0.176. The normalized spacial score (nSPS) is 10.0. The van der Waals surface area contributed by atoms with Crippen LogP contribution in [0.2, 0.25) is 0 Å². The van der Waals surface area contributed by atoms with E-state index in [0.29, 0.717) is 5.75 Å². The minimum atomic E-state index is -1.10. The predicted octanol–water partition coefficient (Wildman–Crippen LogP) is 2.47. The number of hydrogen-bond acceptors (Lipinski definition) is 4. The van der Waals surface area contributed by atoms with Crippen LogP contribution in [-0.4, -0.2) is 37.7 Å². The maximum Gasteiger partial charge on any atom is 0.337 e. The van der Waals surface area contributed by atoms with Gasteiger partial charge in [0.1, 0.15) is 5.75 Å². The highest BCUT2D eigenvalue weighted by atomic mass is 16.5. The van der Waals surface area contributed by atoms with E-state index in [4.69, 9.17) is 4.74 Å². The van der Waals surface area contributed by atoms with Crippen molar-refractivity contribution in [2.24, 2.45) is 0 Å². The van der Waals surface area contributed by atoms with Crippen molar-refractivity contribution in [3.8, 4) is 5.75 Å². The number of anilines is 2. The summed E-state index contributed by atoms with van der Waals surface area (Å²) in [4.78, 5) is 25.1. The van der Waals surface area contributed by atoms with Crippen LogP contribution in [0.5, 0.6) is 5.75 Å². The Labute approximate surface area is 134 Å². The Morgan fingerprint density at radius 3 is 2.43 bits per heavy atom. The van der Waals surface area contributed by atoms with Crippen LogP contribution in [0.15, 0.2) is 48.5 Å². The molecule has 0 saturated carbocycles. The number of carboxylic acids is 1. The summed E-state index contributed by atoms with van der Waals surface area (Å²) in [7, 11) is 3.62. The number of hydrogen-bond donors (Lipinski definition) is 2. The summed E-state index contributed by atoms with van der Waals surface area (Å²) < 4.78 is 5.33. The lowest BCUT2D eigenvalue weighted by molar-refractivity contribution is -0.118. The van der Waals surface area contributed by atoms with Crippen molar-refractivity contribution in [2.45, 2.75) is 0 Å². The molecule has 2 aromatic rings. The minimum absolute atomic E-state index is 0.0317. The van der Waals surface area contributed by atoms with Gasteiger partial charge in [-0.3, -0.25) is 4.79 Å². The van der Waals surface area contributed by atoms with Crippen molar-refractivity contribution in [3.05, 3.63) is 54.1 Å². The van der Waals surface area contributed by atoms with E-state index in [-0.39, 0.29) is 17.9 Å². The number of aromatic carboxylic acids is 1. The first-order valence-corrected chi connectivity index (χ1v) is 6.99. The van der Waals surface area contributed by atoms with Gasteiger partial charge in [0.2, 0.25) is 0 Å². The largest absolute Gasteiger partial charge is 0.484 e. The van der Waals surface area contributed by atoms with E-state index in [2.05, 4.69) is 5.32 Å². The maximum absolute atomic E-state index is 11.9. The molecule has 2 N–H and O–H groups in total. The first-order chi connectivity index (χ1) is 11.0. The summed E-state index contributed by atoms with van der Waals surface area (Å²) >= 11 is 0. The van der Waals surface area contributed by atoms with E-state index < -0.39 is 11.9 Å². The van der Waals surface area contributed by atoms with E-state index in [1.54, 1.807) is 41.3 Å². The number of carbonyl (C=O) groups excluding carboxylic acids is 1. The van der Waals surface area contributed by atoms with E-state index in [1.165, 1.54) is 6.07 Å². The molecule has 0 radical (unpaired) electrons. The number of para-hydroxylation sites is 1. The summed E-state index contributed by atoms with van der Waals surface area (Å²) in [6.07, 6.45) is 0. The lowest BCUT2D eigenvalue weighted by atomic mass is 10.1. The molecule has 6 heteroatoms. The fourth-order valence-corrected chi connectivity index (χ4v) is 1.95. The summed E-state index contributed by atoms with van der Waals surface area (Å²) in [5, 5.41) is 11.9. The summed E-state index contributed by atoms with van der Waals surface area (Å²) in [5.74, 6) is -0.953. The monoisotopic (exact) mass is 314 g/mol. The Kier molecular flexibility index (Phi) is 5.19.